The van der Waals surface area contributed by atoms with E-state index >= 15 is 0 Å². The first-order valence-electron chi connectivity index (χ1n) is 9.38. The third-order valence-electron chi connectivity index (χ3n) is 4.75. The lowest BCUT2D eigenvalue weighted by atomic mass is 10.0. The van der Waals surface area contributed by atoms with Crippen LogP contribution in [0.3, 0.4) is 0 Å². The second kappa shape index (κ2) is 8.68. The van der Waals surface area contributed by atoms with Gasteiger partial charge in [0.2, 0.25) is 0 Å². The largest absolute Gasteiger partial charge is 0.448 e. The number of benzene rings is 2. The summed E-state index contributed by atoms with van der Waals surface area (Å²) in [5, 5.41) is 7.59. The van der Waals surface area contributed by atoms with Gasteiger partial charge in [0.05, 0.1) is 5.39 Å². The van der Waals surface area contributed by atoms with Gasteiger partial charge in [-0.2, -0.15) is 5.10 Å². The average molecular weight is 393 g/mol. The fourth-order valence-electron chi connectivity index (χ4n) is 3.02. The van der Waals surface area contributed by atoms with E-state index in [0.717, 1.165) is 10.2 Å². The molecule has 0 bridgehead atoms. The third kappa shape index (κ3) is 4.51. The van der Waals surface area contributed by atoms with Gasteiger partial charge in [-0.3, -0.25) is 9.59 Å². The van der Waals surface area contributed by atoms with Crippen LogP contribution in [-0.4, -0.2) is 34.3 Å². The van der Waals surface area contributed by atoms with Crippen molar-refractivity contribution in [2.24, 2.45) is 7.05 Å². The van der Waals surface area contributed by atoms with E-state index in [-0.39, 0.29) is 17.2 Å². The maximum absolute atomic E-state index is 12.6. The summed E-state index contributed by atoms with van der Waals surface area (Å²) in [6.07, 6.45) is -0.997. The predicted octanol–water partition coefficient (Wildman–Crippen LogP) is 2.40. The van der Waals surface area contributed by atoms with Crippen molar-refractivity contribution in [1.82, 2.24) is 15.1 Å². The summed E-state index contributed by atoms with van der Waals surface area (Å²) in [5.41, 5.74) is 0.802. The van der Waals surface area contributed by atoms with Crippen LogP contribution in [0, 0.1) is 0 Å². The molecule has 7 nitrogen and oxygen atoms in total. The maximum Gasteiger partial charge on any atom is 0.360 e. The van der Waals surface area contributed by atoms with Gasteiger partial charge in [-0.05, 0) is 24.5 Å². The van der Waals surface area contributed by atoms with Crippen molar-refractivity contribution in [3.8, 4) is 0 Å². The fraction of sp³-hybridized carbons (Fsp3) is 0.273. The molecule has 0 aliphatic rings. The minimum absolute atomic E-state index is 0.00000334. The average Bonchev–Trinajstić information content (AvgIpc) is 2.74. The van der Waals surface area contributed by atoms with E-state index < -0.39 is 18.0 Å². The Morgan fingerprint density at radius 3 is 2.34 bits per heavy atom. The Labute approximate surface area is 168 Å². The van der Waals surface area contributed by atoms with Crippen LogP contribution in [-0.2, 0) is 16.6 Å². The number of fused-ring (bicyclic) bond motifs is 1. The topological polar surface area (TPSA) is 90.3 Å². The predicted molar refractivity (Wildman–Crippen MR) is 110 cm³/mol. The summed E-state index contributed by atoms with van der Waals surface area (Å²) in [6, 6.07) is 16.5. The molecule has 0 fully saturated rings. The lowest BCUT2D eigenvalue weighted by Gasteiger charge is -2.17. The molecule has 0 aliphatic carbocycles. The summed E-state index contributed by atoms with van der Waals surface area (Å²) >= 11 is 0. The van der Waals surface area contributed by atoms with Crippen molar-refractivity contribution in [2.75, 3.05) is 6.54 Å². The Kier molecular flexibility index (Phi) is 6.07. The highest BCUT2D eigenvalue weighted by atomic mass is 16.5. The Hall–Kier alpha value is -3.48. The molecule has 0 aliphatic heterocycles. The zero-order chi connectivity index (χ0) is 21.0. The molecule has 3 rings (SSSR count). The lowest BCUT2D eigenvalue weighted by molar-refractivity contribution is -0.129. The molecule has 150 valence electrons. The number of aromatic nitrogens is 2. The van der Waals surface area contributed by atoms with Gasteiger partial charge in [-0.25, -0.2) is 9.48 Å². The summed E-state index contributed by atoms with van der Waals surface area (Å²) in [5.74, 6) is -1.02. The van der Waals surface area contributed by atoms with Crippen LogP contribution in [0.5, 0.6) is 0 Å². The molecule has 0 radical (unpaired) electrons. The zero-order valence-corrected chi connectivity index (χ0v) is 16.6. The molecule has 1 amide bonds. The minimum atomic E-state index is -0.997. The van der Waals surface area contributed by atoms with Gasteiger partial charge < -0.3 is 10.1 Å². The van der Waals surface area contributed by atoms with Crippen molar-refractivity contribution >= 4 is 22.6 Å². The van der Waals surface area contributed by atoms with Crippen LogP contribution >= 0.6 is 0 Å². The van der Waals surface area contributed by atoms with Gasteiger partial charge in [0, 0.05) is 19.0 Å². The molecule has 0 saturated carbocycles. The van der Waals surface area contributed by atoms with E-state index in [4.69, 9.17) is 4.74 Å². The fourth-order valence-corrected chi connectivity index (χ4v) is 3.02. The standard InChI is InChI=1S/C22H23N3O4/c1-14(16-9-5-4-6-10-16)13-23-20(26)15(2)29-22(28)19-17-11-7-8-12-18(17)21(27)25(3)24-19/h4-12,14-15H,13H2,1-3H3,(H,23,26)/t14-,15-/m0/s1. The molecular formula is C22H23N3O4. The van der Waals surface area contributed by atoms with E-state index in [9.17, 15) is 14.4 Å². The van der Waals surface area contributed by atoms with Gasteiger partial charge in [-0.15, -0.1) is 0 Å². The third-order valence-corrected chi connectivity index (χ3v) is 4.75. The van der Waals surface area contributed by atoms with Crippen molar-refractivity contribution in [3.05, 3.63) is 76.2 Å². The number of hydrogen-bond donors (Lipinski definition) is 1. The molecule has 1 aromatic heterocycles. The lowest BCUT2D eigenvalue weighted by Crippen LogP contribution is -2.38. The number of rotatable bonds is 6. The van der Waals surface area contributed by atoms with E-state index in [0.29, 0.717) is 17.3 Å². The zero-order valence-electron chi connectivity index (χ0n) is 16.6. The van der Waals surface area contributed by atoms with Crippen LogP contribution < -0.4 is 10.9 Å². The molecule has 2 atom stereocenters. The maximum atomic E-state index is 12.6. The Balaban J connectivity index is 1.68. The number of ether oxygens (including phenoxy) is 1. The highest BCUT2D eigenvalue weighted by Crippen LogP contribution is 2.15. The number of hydrogen-bond acceptors (Lipinski definition) is 5. The molecule has 7 heteroatoms. The molecule has 3 aromatic rings. The first kappa shape index (κ1) is 20.3. The van der Waals surface area contributed by atoms with Crippen LogP contribution in [0.2, 0.25) is 0 Å². The van der Waals surface area contributed by atoms with Gasteiger partial charge in [-0.1, -0.05) is 55.5 Å². The number of amides is 1. The van der Waals surface area contributed by atoms with Crippen molar-refractivity contribution in [1.29, 1.82) is 0 Å². The number of esters is 1. The molecule has 1 heterocycles. The molecule has 2 aromatic carbocycles. The molecule has 1 N–H and O–H groups in total. The van der Waals surface area contributed by atoms with Crippen molar-refractivity contribution in [2.45, 2.75) is 25.9 Å². The Morgan fingerprint density at radius 1 is 1.03 bits per heavy atom. The normalized spacial score (nSPS) is 12.9. The second-order valence-corrected chi connectivity index (χ2v) is 6.93. The number of nitrogens with one attached hydrogen (secondary N) is 1. The monoisotopic (exact) mass is 393 g/mol. The van der Waals surface area contributed by atoms with Crippen molar-refractivity contribution in [3.63, 3.8) is 0 Å². The molecule has 0 spiro atoms. The number of aryl methyl sites for hydroxylation is 1. The smallest absolute Gasteiger partial charge is 0.360 e. The molecule has 0 unspecified atom stereocenters. The van der Waals surface area contributed by atoms with Crippen LogP contribution in [0.4, 0.5) is 0 Å². The van der Waals surface area contributed by atoms with Crippen LogP contribution in [0.15, 0.2) is 59.4 Å². The highest BCUT2D eigenvalue weighted by molar-refractivity contribution is 6.02. The van der Waals surface area contributed by atoms with Gasteiger partial charge in [0.15, 0.2) is 11.8 Å². The summed E-state index contributed by atoms with van der Waals surface area (Å²) < 4.78 is 6.40. The first-order valence-corrected chi connectivity index (χ1v) is 9.38. The van der Waals surface area contributed by atoms with E-state index in [1.54, 1.807) is 24.3 Å². The SMILES string of the molecule is C[C@H](OC(=O)c1nn(C)c(=O)c2ccccc12)C(=O)NC[C@H](C)c1ccccc1. The van der Waals surface area contributed by atoms with E-state index in [1.807, 2.05) is 37.3 Å². The summed E-state index contributed by atoms with van der Waals surface area (Å²) in [4.78, 5) is 37.2. The number of nitrogens with zero attached hydrogens (tertiary/aromatic N) is 2. The number of carbonyl (C=O) groups excluding carboxylic acids is 2. The van der Waals surface area contributed by atoms with Gasteiger partial charge in [0.1, 0.15) is 0 Å². The minimum Gasteiger partial charge on any atom is -0.448 e. The second-order valence-electron chi connectivity index (χ2n) is 6.93. The van der Waals surface area contributed by atoms with E-state index in [2.05, 4.69) is 10.4 Å². The highest BCUT2D eigenvalue weighted by Gasteiger charge is 2.23. The van der Waals surface area contributed by atoms with Crippen LogP contribution in [0.1, 0.15) is 35.8 Å². The molecular weight excluding hydrogens is 370 g/mol. The first-order chi connectivity index (χ1) is 13.9. The Bertz CT molecular complexity index is 1090. The van der Waals surface area contributed by atoms with Crippen molar-refractivity contribution < 1.29 is 14.3 Å². The number of carbonyl (C=O) groups is 2. The van der Waals surface area contributed by atoms with Gasteiger partial charge in [0.25, 0.3) is 11.5 Å². The quantitative estimate of drug-likeness (QED) is 0.650. The summed E-state index contributed by atoms with van der Waals surface area (Å²) in [7, 11) is 1.46. The van der Waals surface area contributed by atoms with E-state index in [1.165, 1.54) is 14.0 Å². The Morgan fingerprint density at radius 2 is 1.66 bits per heavy atom. The summed E-state index contributed by atoms with van der Waals surface area (Å²) in [6.45, 7) is 3.93. The van der Waals surface area contributed by atoms with Crippen LogP contribution in [0.25, 0.3) is 10.8 Å². The molecule has 0 saturated heterocycles. The molecule has 29 heavy (non-hydrogen) atoms. The van der Waals surface area contributed by atoms with Gasteiger partial charge >= 0.3 is 5.97 Å².